The Kier molecular flexibility index (Phi) is 8.63. The van der Waals surface area contributed by atoms with Gasteiger partial charge in [0, 0.05) is 29.3 Å². The van der Waals surface area contributed by atoms with Crippen molar-refractivity contribution in [1.29, 1.82) is 0 Å². The molecule has 0 unspecified atom stereocenters. The summed E-state index contributed by atoms with van der Waals surface area (Å²) in [6.45, 7) is 5.28. The van der Waals surface area contributed by atoms with Gasteiger partial charge in [-0.3, -0.25) is 4.79 Å². The van der Waals surface area contributed by atoms with E-state index in [1.165, 1.54) is 0 Å². The number of carbonyl (C=O) groups excluding carboxylic acids is 1. The fourth-order valence-electron chi connectivity index (χ4n) is 4.38. The van der Waals surface area contributed by atoms with Crippen LogP contribution in [-0.4, -0.2) is 41.8 Å². The van der Waals surface area contributed by atoms with Gasteiger partial charge in [-0.05, 0) is 66.8 Å². The number of amides is 1. The second-order valence-electron chi connectivity index (χ2n) is 8.92. The fourth-order valence-corrected chi connectivity index (χ4v) is 4.38. The lowest BCUT2D eigenvalue weighted by atomic mass is 10.0. The standard InChI is InChI=1S/C30H35N3O3/c1-3-5-15-31-24-10-8-9-21(16-24)22-13-14-29(36-4-2)27(18-22)30(35)33-25(20-34)17-23-19-32-28-12-7-6-11-26(23)28/h6-14,16,18-19,25,31-32,34H,3-5,15,17,20H2,1-2H3,(H,33,35)/t25-/m1/s1. The number of para-hydroxylation sites is 1. The highest BCUT2D eigenvalue weighted by Gasteiger charge is 2.19. The molecule has 1 amide bonds. The van der Waals surface area contributed by atoms with Gasteiger partial charge >= 0.3 is 0 Å². The minimum atomic E-state index is -0.430. The Labute approximate surface area is 212 Å². The molecule has 0 spiro atoms. The van der Waals surface area contributed by atoms with Crippen molar-refractivity contribution in [3.8, 4) is 16.9 Å². The lowest BCUT2D eigenvalue weighted by Crippen LogP contribution is -2.39. The Bertz CT molecular complexity index is 1300. The Balaban J connectivity index is 1.55. The summed E-state index contributed by atoms with van der Waals surface area (Å²) in [4.78, 5) is 16.7. The van der Waals surface area contributed by atoms with Gasteiger partial charge in [-0.1, -0.05) is 49.7 Å². The van der Waals surface area contributed by atoms with Crippen LogP contribution in [0.3, 0.4) is 0 Å². The number of benzene rings is 3. The molecule has 0 radical (unpaired) electrons. The maximum Gasteiger partial charge on any atom is 0.255 e. The number of fused-ring (bicyclic) bond motifs is 1. The third-order valence-corrected chi connectivity index (χ3v) is 6.28. The molecular weight excluding hydrogens is 450 g/mol. The summed E-state index contributed by atoms with van der Waals surface area (Å²) in [6.07, 6.45) is 4.70. The number of aromatic amines is 1. The molecule has 6 heteroatoms. The van der Waals surface area contributed by atoms with Gasteiger partial charge in [-0.25, -0.2) is 0 Å². The van der Waals surface area contributed by atoms with E-state index in [0.717, 1.165) is 52.7 Å². The molecule has 6 nitrogen and oxygen atoms in total. The topological polar surface area (TPSA) is 86.4 Å². The first-order valence-corrected chi connectivity index (χ1v) is 12.7. The number of aromatic nitrogens is 1. The summed E-state index contributed by atoms with van der Waals surface area (Å²) in [7, 11) is 0. The van der Waals surface area contributed by atoms with Gasteiger partial charge < -0.3 is 25.5 Å². The van der Waals surface area contributed by atoms with E-state index in [1.807, 2.05) is 67.7 Å². The first-order chi connectivity index (χ1) is 17.6. The average Bonchev–Trinajstić information content (AvgIpc) is 3.31. The second-order valence-corrected chi connectivity index (χ2v) is 8.92. The van der Waals surface area contributed by atoms with Crippen LogP contribution in [0.4, 0.5) is 5.69 Å². The number of aliphatic hydroxyl groups is 1. The SMILES string of the molecule is CCCCNc1cccc(-c2ccc(OCC)c(C(=O)N[C@@H](CO)Cc3c[nH]c4ccccc34)c2)c1. The average molecular weight is 486 g/mol. The normalized spacial score (nSPS) is 11.9. The largest absolute Gasteiger partial charge is 0.493 e. The third kappa shape index (κ3) is 6.07. The molecule has 0 fully saturated rings. The first kappa shape index (κ1) is 25.3. The highest BCUT2D eigenvalue weighted by Crippen LogP contribution is 2.29. The number of aliphatic hydroxyl groups excluding tert-OH is 1. The molecular formula is C30H35N3O3. The van der Waals surface area contributed by atoms with E-state index in [4.69, 9.17) is 4.74 Å². The van der Waals surface area contributed by atoms with Crippen molar-refractivity contribution in [1.82, 2.24) is 10.3 Å². The van der Waals surface area contributed by atoms with Crippen molar-refractivity contribution >= 4 is 22.5 Å². The number of hydrogen-bond donors (Lipinski definition) is 4. The highest BCUT2D eigenvalue weighted by atomic mass is 16.5. The van der Waals surface area contributed by atoms with Crippen molar-refractivity contribution in [2.45, 2.75) is 39.2 Å². The number of ether oxygens (including phenoxy) is 1. The van der Waals surface area contributed by atoms with Crippen LogP contribution in [0.15, 0.2) is 72.9 Å². The number of rotatable bonds is 12. The molecule has 1 atom stereocenters. The zero-order chi connectivity index (χ0) is 25.3. The fraction of sp³-hybridized carbons (Fsp3) is 0.300. The number of unbranched alkanes of at least 4 members (excludes halogenated alkanes) is 1. The molecule has 1 aromatic heterocycles. The van der Waals surface area contributed by atoms with Gasteiger partial charge in [0.2, 0.25) is 0 Å². The maximum atomic E-state index is 13.4. The van der Waals surface area contributed by atoms with E-state index in [1.54, 1.807) is 0 Å². The van der Waals surface area contributed by atoms with Crippen LogP contribution in [0.2, 0.25) is 0 Å². The summed E-state index contributed by atoms with van der Waals surface area (Å²) in [5, 5.41) is 17.6. The summed E-state index contributed by atoms with van der Waals surface area (Å²) in [5.74, 6) is 0.260. The predicted molar refractivity (Wildman–Crippen MR) is 147 cm³/mol. The van der Waals surface area contributed by atoms with Crippen molar-refractivity contribution in [2.24, 2.45) is 0 Å². The van der Waals surface area contributed by atoms with Gasteiger partial charge in [0.1, 0.15) is 5.75 Å². The minimum absolute atomic E-state index is 0.166. The number of hydrogen-bond acceptors (Lipinski definition) is 4. The van der Waals surface area contributed by atoms with Gasteiger partial charge in [-0.2, -0.15) is 0 Å². The molecule has 0 aliphatic rings. The number of anilines is 1. The molecule has 1 heterocycles. The highest BCUT2D eigenvalue weighted by molar-refractivity contribution is 5.98. The van der Waals surface area contributed by atoms with Crippen LogP contribution in [-0.2, 0) is 6.42 Å². The zero-order valence-corrected chi connectivity index (χ0v) is 21.0. The quantitative estimate of drug-likeness (QED) is 0.192. The van der Waals surface area contributed by atoms with Gasteiger partial charge in [0.15, 0.2) is 0 Å². The molecule has 188 valence electrons. The Morgan fingerprint density at radius 1 is 1.03 bits per heavy atom. The van der Waals surface area contributed by atoms with E-state index in [9.17, 15) is 9.90 Å². The number of H-pyrrole nitrogens is 1. The summed E-state index contributed by atoms with van der Waals surface area (Å²) >= 11 is 0. The van der Waals surface area contributed by atoms with Crippen LogP contribution < -0.4 is 15.4 Å². The molecule has 0 saturated carbocycles. The van der Waals surface area contributed by atoms with Crippen molar-refractivity contribution < 1.29 is 14.6 Å². The molecule has 36 heavy (non-hydrogen) atoms. The van der Waals surface area contributed by atoms with Gasteiger partial charge in [0.05, 0.1) is 24.8 Å². The minimum Gasteiger partial charge on any atom is -0.493 e. The van der Waals surface area contributed by atoms with Gasteiger partial charge in [-0.15, -0.1) is 0 Å². The molecule has 4 aromatic rings. The lowest BCUT2D eigenvalue weighted by molar-refractivity contribution is 0.0913. The monoisotopic (exact) mass is 485 g/mol. The van der Waals surface area contributed by atoms with E-state index in [-0.39, 0.29) is 12.5 Å². The zero-order valence-electron chi connectivity index (χ0n) is 21.0. The van der Waals surface area contributed by atoms with E-state index in [2.05, 4.69) is 34.7 Å². The van der Waals surface area contributed by atoms with Crippen molar-refractivity contribution in [2.75, 3.05) is 25.1 Å². The summed E-state index contributed by atoms with van der Waals surface area (Å²) in [6, 6.07) is 21.5. The predicted octanol–water partition coefficient (Wildman–Crippen LogP) is 5.78. The van der Waals surface area contributed by atoms with Crippen molar-refractivity contribution in [3.05, 3.63) is 84.1 Å². The second kappa shape index (κ2) is 12.3. The molecule has 0 bridgehead atoms. The smallest absolute Gasteiger partial charge is 0.255 e. The lowest BCUT2D eigenvalue weighted by Gasteiger charge is -2.18. The third-order valence-electron chi connectivity index (χ3n) is 6.28. The van der Waals surface area contributed by atoms with Crippen molar-refractivity contribution in [3.63, 3.8) is 0 Å². The Morgan fingerprint density at radius 3 is 2.67 bits per heavy atom. The molecule has 3 aromatic carbocycles. The van der Waals surface area contributed by atoms with E-state index < -0.39 is 6.04 Å². The van der Waals surface area contributed by atoms with E-state index >= 15 is 0 Å². The summed E-state index contributed by atoms with van der Waals surface area (Å²) < 4.78 is 5.78. The van der Waals surface area contributed by atoms with Crippen LogP contribution in [0.5, 0.6) is 5.75 Å². The Hall–Kier alpha value is -3.77. The summed E-state index contributed by atoms with van der Waals surface area (Å²) in [5.41, 5.74) is 5.55. The molecule has 0 aliphatic heterocycles. The van der Waals surface area contributed by atoms with E-state index in [0.29, 0.717) is 24.3 Å². The maximum absolute atomic E-state index is 13.4. The van der Waals surface area contributed by atoms with Gasteiger partial charge in [0.25, 0.3) is 5.91 Å². The molecule has 0 aliphatic carbocycles. The van der Waals surface area contributed by atoms with Crippen LogP contribution in [0.1, 0.15) is 42.6 Å². The van der Waals surface area contributed by atoms with Crippen LogP contribution in [0.25, 0.3) is 22.0 Å². The van der Waals surface area contributed by atoms with Crippen LogP contribution >= 0.6 is 0 Å². The first-order valence-electron chi connectivity index (χ1n) is 12.7. The van der Waals surface area contributed by atoms with Crippen LogP contribution in [0, 0.1) is 0 Å². The molecule has 4 rings (SSSR count). The Morgan fingerprint density at radius 2 is 1.86 bits per heavy atom. The molecule has 4 N–H and O–H groups in total. The number of nitrogens with one attached hydrogen (secondary N) is 3. The number of carbonyl (C=O) groups is 1. The molecule has 0 saturated heterocycles.